The van der Waals surface area contributed by atoms with Crippen LogP contribution in [0.25, 0.3) is 55.4 Å². The average molecular weight is 565 g/mol. The number of aromatic nitrogens is 1. The number of hydrogen-bond donors (Lipinski definition) is 0. The molecule has 0 aliphatic carbocycles. The first-order valence-corrected chi connectivity index (χ1v) is 14.8. The first kappa shape index (κ1) is 25.8. The molecule has 0 saturated heterocycles. The van der Waals surface area contributed by atoms with Crippen LogP contribution in [0, 0.1) is 0 Å². The standard InChI is InChI=1S/C41H28N2O/c1-2-9-29(10-3-1)30-16-22-33(23-17-30)43(35-26-20-32(21-27-35)39-14-6-7-28-42-39)34-24-18-31(19-25-34)36-12-8-13-38-37-11-4-5-15-40(37)44-41(36)38/h1-28H. The van der Waals surface area contributed by atoms with E-state index < -0.39 is 0 Å². The second-order valence-electron chi connectivity index (χ2n) is 10.8. The van der Waals surface area contributed by atoms with Gasteiger partial charge in [0.2, 0.25) is 0 Å². The fourth-order valence-electron chi connectivity index (χ4n) is 5.96. The van der Waals surface area contributed by atoms with Crippen LogP contribution in [0.15, 0.2) is 174 Å². The quantitative estimate of drug-likeness (QED) is 0.201. The molecule has 2 aromatic heterocycles. The maximum absolute atomic E-state index is 6.33. The Kier molecular flexibility index (Phi) is 6.47. The highest BCUT2D eigenvalue weighted by molar-refractivity contribution is 6.09. The molecule has 0 fully saturated rings. The van der Waals surface area contributed by atoms with Crippen LogP contribution in [-0.2, 0) is 0 Å². The Hall–Kier alpha value is -5.93. The monoisotopic (exact) mass is 564 g/mol. The Morgan fingerprint density at radius 2 is 0.977 bits per heavy atom. The molecule has 6 aromatic carbocycles. The Bertz CT molecular complexity index is 2100. The average Bonchev–Trinajstić information content (AvgIpc) is 3.49. The van der Waals surface area contributed by atoms with E-state index in [2.05, 4.69) is 137 Å². The maximum atomic E-state index is 6.33. The number of furan rings is 1. The molecule has 8 aromatic rings. The van der Waals surface area contributed by atoms with Gasteiger partial charge in [0.1, 0.15) is 11.2 Å². The van der Waals surface area contributed by atoms with Crippen molar-refractivity contribution in [1.29, 1.82) is 0 Å². The second kappa shape index (κ2) is 11.0. The van der Waals surface area contributed by atoms with Gasteiger partial charge in [-0.05, 0) is 71.3 Å². The van der Waals surface area contributed by atoms with E-state index >= 15 is 0 Å². The van der Waals surface area contributed by atoms with Crippen molar-refractivity contribution in [2.24, 2.45) is 0 Å². The fraction of sp³-hybridized carbons (Fsp3) is 0. The summed E-state index contributed by atoms with van der Waals surface area (Å²) in [5.41, 5.74) is 11.7. The van der Waals surface area contributed by atoms with E-state index in [9.17, 15) is 0 Å². The van der Waals surface area contributed by atoms with Crippen LogP contribution in [0.1, 0.15) is 0 Å². The minimum absolute atomic E-state index is 0.908. The molecule has 0 atom stereocenters. The van der Waals surface area contributed by atoms with Crippen molar-refractivity contribution in [3.05, 3.63) is 170 Å². The predicted octanol–water partition coefficient (Wildman–Crippen LogP) is 11.5. The summed E-state index contributed by atoms with van der Waals surface area (Å²) in [4.78, 5) is 6.83. The third kappa shape index (κ3) is 4.71. The van der Waals surface area contributed by atoms with Crippen LogP contribution in [0.3, 0.4) is 0 Å². The highest BCUT2D eigenvalue weighted by atomic mass is 16.3. The van der Waals surface area contributed by atoms with E-state index in [4.69, 9.17) is 4.42 Å². The van der Waals surface area contributed by atoms with Gasteiger partial charge < -0.3 is 9.32 Å². The molecule has 0 radical (unpaired) electrons. The first-order valence-electron chi connectivity index (χ1n) is 14.8. The van der Waals surface area contributed by atoms with Gasteiger partial charge >= 0.3 is 0 Å². The summed E-state index contributed by atoms with van der Waals surface area (Å²) in [7, 11) is 0. The zero-order chi connectivity index (χ0) is 29.3. The fourth-order valence-corrected chi connectivity index (χ4v) is 5.96. The lowest BCUT2D eigenvalue weighted by Gasteiger charge is -2.26. The molecule has 0 N–H and O–H groups in total. The van der Waals surface area contributed by atoms with Crippen LogP contribution in [0.2, 0.25) is 0 Å². The van der Waals surface area contributed by atoms with E-state index in [0.717, 1.165) is 61.4 Å². The molecule has 0 aliphatic rings. The molecule has 0 aliphatic heterocycles. The Morgan fingerprint density at radius 1 is 0.409 bits per heavy atom. The van der Waals surface area contributed by atoms with Crippen molar-refractivity contribution in [3.63, 3.8) is 0 Å². The van der Waals surface area contributed by atoms with Crippen molar-refractivity contribution >= 4 is 39.0 Å². The van der Waals surface area contributed by atoms with Crippen LogP contribution < -0.4 is 4.90 Å². The summed E-state index contributed by atoms with van der Waals surface area (Å²) < 4.78 is 6.33. The van der Waals surface area contributed by atoms with E-state index in [1.165, 1.54) is 11.1 Å². The summed E-state index contributed by atoms with van der Waals surface area (Å²) in [5, 5.41) is 2.27. The van der Waals surface area contributed by atoms with Gasteiger partial charge in [-0.1, -0.05) is 109 Å². The number of rotatable bonds is 6. The van der Waals surface area contributed by atoms with Crippen molar-refractivity contribution in [3.8, 4) is 33.5 Å². The maximum Gasteiger partial charge on any atom is 0.143 e. The molecule has 0 spiro atoms. The summed E-state index contributed by atoms with van der Waals surface area (Å²) in [6.45, 7) is 0. The van der Waals surface area contributed by atoms with Gasteiger partial charge in [-0.15, -0.1) is 0 Å². The van der Waals surface area contributed by atoms with E-state index in [-0.39, 0.29) is 0 Å². The number of nitrogens with zero attached hydrogens (tertiary/aromatic N) is 2. The first-order chi connectivity index (χ1) is 21.8. The van der Waals surface area contributed by atoms with Crippen LogP contribution in [0.5, 0.6) is 0 Å². The smallest absolute Gasteiger partial charge is 0.143 e. The molecule has 0 unspecified atom stereocenters. The summed E-state index contributed by atoms with van der Waals surface area (Å²) >= 11 is 0. The molecule has 3 heteroatoms. The zero-order valence-electron chi connectivity index (χ0n) is 24.0. The van der Waals surface area contributed by atoms with Gasteiger partial charge in [-0.2, -0.15) is 0 Å². The van der Waals surface area contributed by atoms with Crippen molar-refractivity contribution in [1.82, 2.24) is 4.98 Å². The number of anilines is 3. The summed E-state index contributed by atoms with van der Waals surface area (Å²) in [6.07, 6.45) is 1.83. The van der Waals surface area contributed by atoms with Gasteiger partial charge in [0.05, 0.1) is 5.69 Å². The molecular weight excluding hydrogens is 536 g/mol. The molecule has 8 rings (SSSR count). The van der Waals surface area contributed by atoms with E-state index in [1.54, 1.807) is 0 Å². The van der Waals surface area contributed by atoms with Crippen LogP contribution in [-0.4, -0.2) is 4.98 Å². The molecule has 0 amide bonds. The molecular formula is C41H28N2O. The lowest BCUT2D eigenvalue weighted by atomic mass is 10.0. The summed E-state index contributed by atoms with van der Waals surface area (Å²) in [6, 6.07) is 57.2. The number of benzene rings is 6. The molecule has 2 heterocycles. The Labute approximate surface area is 256 Å². The van der Waals surface area contributed by atoms with Gasteiger partial charge in [0.25, 0.3) is 0 Å². The minimum atomic E-state index is 0.908. The van der Waals surface area contributed by atoms with Crippen molar-refractivity contribution in [2.45, 2.75) is 0 Å². The molecule has 0 saturated carbocycles. The number of hydrogen-bond acceptors (Lipinski definition) is 3. The van der Waals surface area contributed by atoms with Gasteiger partial charge in [0, 0.05) is 45.2 Å². The van der Waals surface area contributed by atoms with E-state index in [0.29, 0.717) is 0 Å². The molecule has 3 nitrogen and oxygen atoms in total. The molecule has 0 bridgehead atoms. The third-order valence-electron chi connectivity index (χ3n) is 8.16. The highest BCUT2D eigenvalue weighted by Crippen LogP contribution is 2.39. The normalized spacial score (nSPS) is 11.2. The number of para-hydroxylation sites is 2. The van der Waals surface area contributed by atoms with Gasteiger partial charge in [-0.3, -0.25) is 4.98 Å². The second-order valence-corrected chi connectivity index (χ2v) is 10.8. The lowest BCUT2D eigenvalue weighted by Crippen LogP contribution is -2.09. The largest absolute Gasteiger partial charge is 0.455 e. The van der Waals surface area contributed by atoms with Crippen molar-refractivity contribution in [2.75, 3.05) is 4.90 Å². The SMILES string of the molecule is c1ccc(-c2ccc(N(c3ccc(-c4ccccn4)cc3)c3ccc(-c4cccc5c4oc4ccccc45)cc3)cc2)cc1. The molecule has 44 heavy (non-hydrogen) atoms. The van der Waals surface area contributed by atoms with Crippen LogP contribution >= 0.6 is 0 Å². The lowest BCUT2D eigenvalue weighted by molar-refractivity contribution is 0.670. The topological polar surface area (TPSA) is 29.3 Å². The van der Waals surface area contributed by atoms with Gasteiger partial charge in [0.15, 0.2) is 0 Å². The van der Waals surface area contributed by atoms with Crippen molar-refractivity contribution < 1.29 is 4.42 Å². The zero-order valence-corrected chi connectivity index (χ0v) is 24.0. The van der Waals surface area contributed by atoms with E-state index in [1.807, 2.05) is 42.6 Å². The third-order valence-corrected chi connectivity index (χ3v) is 8.16. The predicted molar refractivity (Wildman–Crippen MR) is 183 cm³/mol. The number of pyridine rings is 1. The van der Waals surface area contributed by atoms with Gasteiger partial charge in [-0.25, -0.2) is 0 Å². The number of fused-ring (bicyclic) bond motifs is 3. The summed E-state index contributed by atoms with van der Waals surface area (Å²) in [5.74, 6) is 0. The Balaban J connectivity index is 1.19. The molecule has 208 valence electrons. The minimum Gasteiger partial charge on any atom is -0.455 e. The Morgan fingerprint density at radius 3 is 1.66 bits per heavy atom. The van der Waals surface area contributed by atoms with Crippen LogP contribution in [0.4, 0.5) is 17.1 Å². The highest BCUT2D eigenvalue weighted by Gasteiger charge is 2.16.